The Morgan fingerprint density at radius 2 is 0.861 bits per heavy atom. The van der Waals surface area contributed by atoms with Gasteiger partial charge in [0.15, 0.2) is 0 Å². The highest BCUT2D eigenvalue weighted by Gasteiger charge is 2.16. The summed E-state index contributed by atoms with van der Waals surface area (Å²) < 4.78 is 5.20. The van der Waals surface area contributed by atoms with E-state index in [9.17, 15) is 0 Å². The standard InChI is InChI=1S/C34H67N2/c1-4-7-10-13-15-16-17-18-19-20-21-23-25-28-31-36-33-32-35(30-27-12-9-6-3)34(36)29-26-24-22-14-11-8-5-2/h32-33H,4-31H2,1-3H3/q+1. The lowest BCUT2D eigenvalue weighted by atomic mass is 10.0. The van der Waals surface area contributed by atoms with Crippen LogP contribution in [0.15, 0.2) is 12.4 Å². The topological polar surface area (TPSA) is 8.81 Å². The van der Waals surface area contributed by atoms with Crippen molar-refractivity contribution in [1.29, 1.82) is 0 Å². The molecule has 1 aromatic heterocycles. The molecule has 0 fully saturated rings. The van der Waals surface area contributed by atoms with Crippen molar-refractivity contribution in [2.45, 2.75) is 201 Å². The highest BCUT2D eigenvalue weighted by molar-refractivity contribution is 4.84. The van der Waals surface area contributed by atoms with Crippen molar-refractivity contribution in [1.82, 2.24) is 4.57 Å². The van der Waals surface area contributed by atoms with E-state index in [1.165, 1.54) is 180 Å². The number of unbranched alkanes of at least 4 members (excludes halogenated alkanes) is 22. The van der Waals surface area contributed by atoms with Crippen LogP contribution in [0.1, 0.15) is 187 Å². The molecule has 0 aliphatic heterocycles. The van der Waals surface area contributed by atoms with Crippen molar-refractivity contribution >= 4 is 0 Å². The van der Waals surface area contributed by atoms with Crippen LogP contribution in [-0.4, -0.2) is 4.57 Å². The quantitative estimate of drug-likeness (QED) is 0.0794. The molecule has 0 aliphatic carbocycles. The van der Waals surface area contributed by atoms with Gasteiger partial charge in [-0.3, -0.25) is 0 Å². The van der Waals surface area contributed by atoms with E-state index in [0.29, 0.717) is 0 Å². The number of aromatic nitrogens is 2. The Morgan fingerprint density at radius 3 is 1.33 bits per heavy atom. The van der Waals surface area contributed by atoms with E-state index in [2.05, 4.69) is 42.3 Å². The summed E-state index contributed by atoms with van der Waals surface area (Å²) in [6.07, 6.45) is 41.5. The minimum absolute atomic E-state index is 1.22. The maximum absolute atomic E-state index is 2.61. The van der Waals surface area contributed by atoms with Crippen LogP contribution < -0.4 is 4.57 Å². The molecule has 0 saturated heterocycles. The third-order valence-electron chi connectivity index (χ3n) is 8.10. The van der Waals surface area contributed by atoms with E-state index in [4.69, 9.17) is 0 Å². The van der Waals surface area contributed by atoms with Crippen LogP contribution in [0, 0.1) is 0 Å². The number of rotatable bonds is 28. The third kappa shape index (κ3) is 18.5. The van der Waals surface area contributed by atoms with Gasteiger partial charge in [-0.25, -0.2) is 9.13 Å². The lowest BCUT2D eigenvalue weighted by molar-refractivity contribution is -0.704. The fourth-order valence-corrected chi connectivity index (χ4v) is 5.62. The summed E-state index contributed by atoms with van der Waals surface area (Å²) in [7, 11) is 0. The Morgan fingerprint density at radius 1 is 0.472 bits per heavy atom. The third-order valence-corrected chi connectivity index (χ3v) is 8.10. The lowest BCUT2D eigenvalue weighted by Crippen LogP contribution is -2.37. The van der Waals surface area contributed by atoms with Crippen molar-refractivity contribution in [2.24, 2.45) is 0 Å². The van der Waals surface area contributed by atoms with Crippen LogP contribution in [0.5, 0.6) is 0 Å². The van der Waals surface area contributed by atoms with Crippen LogP contribution in [0.4, 0.5) is 0 Å². The van der Waals surface area contributed by atoms with E-state index in [1.807, 2.05) is 0 Å². The van der Waals surface area contributed by atoms with Gasteiger partial charge < -0.3 is 0 Å². The van der Waals surface area contributed by atoms with E-state index < -0.39 is 0 Å². The first-order valence-corrected chi connectivity index (χ1v) is 16.9. The van der Waals surface area contributed by atoms with Gasteiger partial charge in [-0.1, -0.05) is 149 Å². The van der Waals surface area contributed by atoms with Gasteiger partial charge in [-0.05, 0) is 32.1 Å². The van der Waals surface area contributed by atoms with Gasteiger partial charge in [0.1, 0.15) is 12.4 Å². The van der Waals surface area contributed by atoms with E-state index >= 15 is 0 Å². The molecule has 1 rings (SSSR count). The van der Waals surface area contributed by atoms with Gasteiger partial charge in [-0.15, -0.1) is 0 Å². The van der Waals surface area contributed by atoms with Gasteiger partial charge >= 0.3 is 0 Å². The maximum atomic E-state index is 2.61. The minimum Gasteiger partial charge on any atom is -0.234 e. The Bertz CT molecular complexity index is 562. The Balaban J connectivity index is 2.20. The first-order valence-electron chi connectivity index (χ1n) is 16.9. The summed E-state index contributed by atoms with van der Waals surface area (Å²) >= 11 is 0. The Hall–Kier alpha value is -0.790. The summed E-state index contributed by atoms with van der Waals surface area (Å²) in [6.45, 7) is 9.38. The second-order valence-corrected chi connectivity index (χ2v) is 11.6. The molecular formula is C34H67N2+. The number of imidazole rings is 1. The summed E-state index contributed by atoms with van der Waals surface area (Å²) in [5.41, 5.74) is 0. The van der Waals surface area contributed by atoms with Crippen LogP contribution in [0.25, 0.3) is 0 Å². The van der Waals surface area contributed by atoms with Crippen molar-refractivity contribution in [3.63, 3.8) is 0 Å². The fraction of sp³-hybridized carbons (Fsp3) is 0.912. The fourth-order valence-electron chi connectivity index (χ4n) is 5.62. The molecule has 36 heavy (non-hydrogen) atoms. The summed E-state index contributed by atoms with van der Waals surface area (Å²) in [5, 5.41) is 0. The predicted molar refractivity (Wildman–Crippen MR) is 161 cm³/mol. The van der Waals surface area contributed by atoms with Crippen LogP contribution in [-0.2, 0) is 19.5 Å². The van der Waals surface area contributed by atoms with Crippen molar-refractivity contribution in [2.75, 3.05) is 0 Å². The monoisotopic (exact) mass is 504 g/mol. The highest BCUT2D eigenvalue weighted by Crippen LogP contribution is 2.14. The zero-order valence-corrected chi connectivity index (χ0v) is 25.3. The summed E-state index contributed by atoms with van der Waals surface area (Å²) in [4.78, 5) is 0. The Labute approximate surface area is 228 Å². The molecule has 0 unspecified atom stereocenters. The largest absolute Gasteiger partial charge is 0.256 e. The minimum atomic E-state index is 1.22. The molecule has 2 heteroatoms. The second kappa shape index (κ2) is 25.8. The molecule has 0 bridgehead atoms. The normalized spacial score (nSPS) is 11.5. The average Bonchev–Trinajstić information content (AvgIpc) is 3.27. The van der Waals surface area contributed by atoms with Crippen molar-refractivity contribution in [3.05, 3.63) is 18.2 Å². The maximum Gasteiger partial charge on any atom is 0.256 e. The molecule has 0 aromatic carbocycles. The summed E-state index contributed by atoms with van der Waals surface area (Å²) in [5.74, 6) is 1.61. The molecule has 0 aliphatic rings. The molecule has 0 atom stereocenters. The Kier molecular flexibility index (Phi) is 23.9. The first kappa shape index (κ1) is 33.2. The molecule has 0 amide bonds. The van der Waals surface area contributed by atoms with E-state index in [-0.39, 0.29) is 0 Å². The molecule has 0 radical (unpaired) electrons. The number of hydrogen-bond acceptors (Lipinski definition) is 0. The van der Waals surface area contributed by atoms with Crippen molar-refractivity contribution < 1.29 is 4.57 Å². The number of hydrogen-bond donors (Lipinski definition) is 0. The van der Waals surface area contributed by atoms with Gasteiger partial charge in [-0.2, -0.15) is 0 Å². The lowest BCUT2D eigenvalue weighted by Gasteiger charge is -2.07. The molecule has 1 aromatic rings. The molecule has 1 heterocycles. The zero-order valence-electron chi connectivity index (χ0n) is 25.3. The van der Waals surface area contributed by atoms with E-state index in [0.717, 1.165) is 0 Å². The van der Waals surface area contributed by atoms with Crippen molar-refractivity contribution in [3.8, 4) is 0 Å². The van der Waals surface area contributed by atoms with Gasteiger partial charge in [0.25, 0.3) is 5.82 Å². The van der Waals surface area contributed by atoms with Gasteiger partial charge in [0.2, 0.25) is 0 Å². The number of nitrogens with zero attached hydrogens (tertiary/aromatic N) is 2. The molecule has 0 spiro atoms. The van der Waals surface area contributed by atoms with Gasteiger partial charge in [0, 0.05) is 6.42 Å². The molecule has 212 valence electrons. The van der Waals surface area contributed by atoms with Gasteiger partial charge in [0.05, 0.1) is 13.1 Å². The molecule has 0 saturated carbocycles. The highest BCUT2D eigenvalue weighted by atomic mass is 15.1. The zero-order chi connectivity index (χ0) is 25.9. The summed E-state index contributed by atoms with van der Waals surface area (Å²) in [6, 6.07) is 0. The van der Waals surface area contributed by atoms with Crippen LogP contribution in [0.3, 0.4) is 0 Å². The first-order chi connectivity index (χ1) is 17.8. The smallest absolute Gasteiger partial charge is 0.234 e. The van der Waals surface area contributed by atoms with E-state index in [1.54, 1.807) is 5.82 Å². The molecular weight excluding hydrogens is 436 g/mol. The molecule has 0 N–H and O–H groups in total. The SMILES string of the molecule is CCCCCCCCCCCCCCCCn1cc[n+](CCCCCC)c1CCCCCCCCC. The van der Waals surface area contributed by atoms with Crippen LogP contribution >= 0.6 is 0 Å². The van der Waals surface area contributed by atoms with Crippen LogP contribution in [0.2, 0.25) is 0 Å². The number of aryl methyl sites for hydroxylation is 2. The predicted octanol–water partition coefficient (Wildman–Crippen LogP) is 11.1. The average molecular weight is 504 g/mol. The molecule has 2 nitrogen and oxygen atoms in total. The second-order valence-electron chi connectivity index (χ2n) is 11.6.